The highest BCUT2D eigenvalue weighted by Crippen LogP contribution is 2.75. The lowest BCUT2D eigenvalue weighted by Crippen LogP contribution is -2.65. The summed E-state index contributed by atoms with van der Waals surface area (Å²) in [5, 5.41) is 12.9. The van der Waals surface area contributed by atoms with E-state index in [-0.39, 0.29) is 75.0 Å². The number of Topliss-reactive ketones (excluding diaryl/α,β-unsaturated/α-hetero) is 1. The average molecular weight is 777 g/mol. The predicted octanol–water partition coefficient (Wildman–Crippen LogP) is 8.39. The van der Waals surface area contributed by atoms with Gasteiger partial charge >= 0.3 is 11.9 Å². The molecule has 1 aliphatic heterocycles. The van der Waals surface area contributed by atoms with E-state index in [9.17, 15) is 29.1 Å². The largest absolute Gasteiger partial charge is 0.481 e. The molecular weight excluding hydrogens is 705 g/mol. The summed E-state index contributed by atoms with van der Waals surface area (Å²) in [5.41, 5.74) is 0.250. The van der Waals surface area contributed by atoms with Crippen LogP contribution in [0.3, 0.4) is 0 Å². The van der Waals surface area contributed by atoms with E-state index in [0.29, 0.717) is 31.3 Å². The smallest absolute Gasteiger partial charge is 0.309 e. The number of hydrogen-bond acceptors (Lipinski definition) is 6. The fourth-order valence-corrected chi connectivity index (χ4v) is 14.8. The Labute approximate surface area is 336 Å². The van der Waals surface area contributed by atoms with Crippen LogP contribution in [0.15, 0.2) is 11.1 Å². The second-order valence-electron chi connectivity index (χ2n) is 22.4. The Morgan fingerprint density at radius 1 is 0.804 bits per heavy atom. The van der Waals surface area contributed by atoms with Crippen molar-refractivity contribution in [2.45, 2.75) is 165 Å². The molecule has 7 rings (SSSR count). The molecular formula is C47H72N2O7. The van der Waals surface area contributed by atoms with Gasteiger partial charge in [0.15, 0.2) is 5.78 Å². The van der Waals surface area contributed by atoms with Gasteiger partial charge in [0.2, 0.25) is 11.8 Å². The van der Waals surface area contributed by atoms with E-state index in [1.807, 2.05) is 18.7 Å². The summed E-state index contributed by atoms with van der Waals surface area (Å²) in [7, 11) is 0. The average Bonchev–Trinajstić information content (AvgIpc) is 3.39. The van der Waals surface area contributed by atoms with Crippen LogP contribution in [0.2, 0.25) is 0 Å². The lowest BCUT2D eigenvalue weighted by molar-refractivity contribution is -0.235. The molecule has 5 saturated carbocycles. The minimum absolute atomic E-state index is 0.0114. The first-order chi connectivity index (χ1) is 26.0. The van der Waals surface area contributed by atoms with E-state index in [1.54, 1.807) is 13.8 Å². The fraction of sp³-hybridized carbons (Fsp3) is 0.851. The molecule has 2 amide bonds. The van der Waals surface area contributed by atoms with E-state index in [2.05, 4.69) is 53.8 Å². The van der Waals surface area contributed by atoms with Crippen LogP contribution in [0, 0.1) is 73.9 Å². The molecule has 1 unspecified atom stereocenters. The molecule has 0 radical (unpaired) electrons. The van der Waals surface area contributed by atoms with Crippen LogP contribution >= 0.6 is 0 Å². The fourth-order valence-electron chi connectivity index (χ4n) is 14.8. The van der Waals surface area contributed by atoms with Crippen LogP contribution in [-0.2, 0) is 28.7 Å². The van der Waals surface area contributed by atoms with Crippen LogP contribution in [0.4, 0.5) is 0 Å². The third-order valence-electron chi connectivity index (χ3n) is 18.5. The Morgan fingerprint density at radius 3 is 2.05 bits per heavy atom. The van der Waals surface area contributed by atoms with E-state index in [1.165, 1.54) is 5.57 Å². The van der Waals surface area contributed by atoms with Crippen molar-refractivity contribution in [3.63, 3.8) is 0 Å². The van der Waals surface area contributed by atoms with Gasteiger partial charge in [-0.1, -0.05) is 67.9 Å². The minimum atomic E-state index is -1.25. The van der Waals surface area contributed by atoms with Gasteiger partial charge in [0.25, 0.3) is 0 Å². The van der Waals surface area contributed by atoms with Crippen LogP contribution in [0.25, 0.3) is 0 Å². The van der Waals surface area contributed by atoms with Gasteiger partial charge in [-0.25, -0.2) is 0 Å². The number of likely N-dealkylation sites (tertiary alicyclic amines) is 1. The molecule has 56 heavy (non-hydrogen) atoms. The highest BCUT2D eigenvalue weighted by Gasteiger charge is 2.69. The summed E-state index contributed by atoms with van der Waals surface area (Å²) in [6.45, 7) is 25.0. The molecule has 1 saturated heterocycles. The molecule has 1 heterocycles. The van der Waals surface area contributed by atoms with Crippen molar-refractivity contribution in [2.24, 2.45) is 73.9 Å². The van der Waals surface area contributed by atoms with Crippen molar-refractivity contribution in [1.29, 1.82) is 0 Å². The third kappa shape index (κ3) is 5.82. The zero-order chi connectivity index (χ0) is 41.1. The molecule has 0 aromatic carbocycles. The summed E-state index contributed by atoms with van der Waals surface area (Å²) in [5.74, 6) is -1.25. The highest BCUT2D eigenvalue weighted by atomic mass is 16.5. The Bertz CT molecular complexity index is 1700. The molecule has 6 fully saturated rings. The quantitative estimate of drug-likeness (QED) is 0.196. The maximum Gasteiger partial charge on any atom is 0.309 e. The first-order valence-electron chi connectivity index (χ1n) is 22.3. The number of carboxylic acids is 1. The number of carbonyl (C=O) groups excluding carboxylic acids is 4. The lowest BCUT2D eigenvalue weighted by atomic mass is 9.33. The Balaban J connectivity index is 1.10. The Kier molecular flexibility index (Phi) is 10.1. The summed E-state index contributed by atoms with van der Waals surface area (Å²) in [4.78, 5) is 69.4. The van der Waals surface area contributed by atoms with Gasteiger partial charge in [-0.15, -0.1) is 0 Å². The molecule has 9 nitrogen and oxygen atoms in total. The van der Waals surface area contributed by atoms with Crippen molar-refractivity contribution < 1.29 is 33.8 Å². The number of aliphatic carboxylic acids is 1. The van der Waals surface area contributed by atoms with Crippen molar-refractivity contribution >= 4 is 29.5 Å². The van der Waals surface area contributed by atoms with Crippen LogP contribution in [-0.4, -0.2) is 64.8 Å². The molecule has 2 N–H and O–H groups in total. The van der Waals surface area contributed by atoms with Gasteiger partial charge in [-0.3, -0.25) is 24.0 Å². The number of rotatable bonds is 7. The summed E-state index contributed by atoms with van der Waals surface area (Å²) >= 11 is 0. The van der Waals surface area contributed by atoms with Crippen LogP contribution in [0.1, 0.15) is 153 Å². The second-order valence-corrected chi connectivity index (χ2v) is 22.4. The van der Waals surface area contributed by atoms with Crippen molar-refractivity contribution in [1.82, 2.24) is 10.2 Å². The molecule has 7 aliphatic rings. The Morgan fingerprint density at radius 2 is 1.45 bits per heavy atom. The SMILES string of the molecule is CC(C)C1=C2C(CC[C@]3(C)[C@@H]2CC[C@@H]2[C@@]4(C)CC[C@H](OC(=O)[C@H]5C[C@@H](C(=O)O)C5(C)C)C(C)(C)[C@@H]4CC[C@]23C)[C@H](NC(=O)C(C)(C)C(=O)N2CCCCC2)C1=O. The van der Waals surface area contributed by atoms with Crippen molar-refractivity contribution in [3.05, 3.63) is 11.1 Å². The van der Waals surface area contributed by atoms with Gasteiger partial charge in [-0.2, -0.15) is 0 Å². The zero-order valence-electron chi connectivity index (χ0n) is 36.4. The first kappa shape index (κ1) is 41.4. The first-order valence-corrected chi connectivity index (χ1v) is 22.3. The van der Waals surface area contributed by atoms with Gasteiger partial charge in [0, 0.05) is 24.4 Å². The van der Waals surface area contributed by atoms with Crippen LogP contribution in [0.5, 0.6) is 0 Å². The minimum Gasteiger partial charge on any atom is -0.481 e. The van der Waals surface area contributed by atoms with Gasteiger partial charge < -0.3 is 20.1 Å². The molecule has 6 aliphatic carbocycles. The number of amides is 2. The predicted molar refractivity (Wildman–Crippen MR) is 215 cm³/mol. The monoisotopic (exact) mass is 777 g/mol. The maximum atomic E-state index is 14.5. The molecule has 9 heteroatoms. The maximum absolute atomic E-state index is 14.5. The molecule has 0 bridgehead atoms. The van der Waals surface area contributed by atoms with E-state index in [4.69, 9.17) is 4.74 Å². The number of ketones is 1. The topological polar surface area (TPSA) is 130 Å². The molecule has 312 valence electrons. The zero-order valence-corrected chi connectivity index (χ0v) is 36.4. The van der Waals surface area contributed by atoms with Crippen molar-refractivity contribution in [2.75, 3.05) is 13.1 Å². The van der Waals surface area contributed by atoms with E-state index >= 15 is 0 Å². The third-order valence-corrected chi connectivity index (χ3v) is 18.5. The van der Waals surface area contributed by atoms with Crippen molar-refractivity contribution in [3.8, 4) is 0 Å². The molecule has 11 atom stereocenters. The number of nitrogens with one attached hydrogen (secondary N) is 1. The summed E-state index contributed by atoms with van der Waals surface area (Å²) < 4.78 is 6.41. The summed E-state index contributed by atoms with van der Waals surface area (Å²) in [6.07, 6.45) is 11.1. The Hall–Kier alpha value is -2.71. The van der Waals surface area contributed by atoms with E-state index in [0.717, 1.165) is 76.2 Å². The number of fused-ring (bicyclic) bond motifs is 7. The number of nitrogens with zero attached hydrogens (tertiary/aromatic N) is 1. The number of carboxylic acid groups (broad SMARTS) is 1. The number of hydrogen-bond donors (Lipinski definition) is 2. The second kappa shape index (κ2) is 13.7. The van der Waals surface area contributed by atoms with Gasteiger partial charge in [0.1, 0.15) is 11.5 Å². The lowest BCUT2D eigenvalue weighted by Gasteiger charge is -2.71. The summed E-state index contributed by atoms with van der Waals surface area (Å²) in [6, 6.07) is -0.619. The van der Waals surface area contributed by atoms with Crippen LogP contribution < -0.4 is 5.32 Å². The number of esters is 1. The van der Waals surface area contributed by atoms with E-state index < -0.39 is 28.8 Å². The number of carbonyl (C=O) groups is 5. The molecule has 0 spiro atoms. The standard InChI is InChI=1S/C47H72N2O7/c1-26(2)34-35-27(36(37(34)50)48-40(54)44(7,8)41(55)49-23-13-12-14-24-49)17-21-46(10)28(35)15-16-32-45(9)20-19-33(43(5,6)31(45)18-22-47(32,46)11)56-39(53)30-25-29(38(51)52)42(30,3)4/h26-33,36H,12-25H2,1-11H3,(H,48,54)(H,51,52)/t27?,28-,29+,30-,31+,32-,33+,36+,45+,46-,47-/m1/s1. The number of piperidine rings is 1. The van der Waals surface area contributed by atoms with Gasteiger partial charge in [0.05, 0.1) is 17.9 Å². The normalized spacial score (nSPS) is 41.4. The van der Waals surface area contributed by atoms with Gasteiger partial charge in [-0.05, 0) is 142 Å². The molecule has 0 aromatic heterocycles. The molecule has 0 aromatic rings. The highest BCUT2D eigenvalue weighted by molar-refractivity contribution is 6.09. The number of ether oxygens (including phenoxy) is 1.